The van der Waals surface area contributed by atoms with Crippen LogP contribution in [0.5, 0.6) is 0 Å². The van der Waals surface area contributed by atoms with Gasteiger partial charge in [-0.15, -0.1) is 10.2 Å². The number of rotatable bonds is 7. The Morgan fingerprint density at radius 3 is 2.75 bits per heavy atom. The van der Waals surface area contributed by atoms with E-state index in [0.717, 1.165) is 43.9 Å². The lowest BCUT2D eigenvalue weighted by Gasteiger charge is -2.08. The third kappa shape index (κ3) is 2.72. The van der Waals surface area contributed by atoms with Crippen LogP contribution in [0.15, 0.2) is 0 Å². The van der Waals surface area contributed by atoms with E-state index in [9.17, 15) is 0 Å². The normalized spacial score (nSPS) is 15.4. The van der Waals surface area contributed by atoms with E-state index in [-0.39, 0.29) is 0 Å². The third-order valence-corrected chi connectivity index (χ3v) is 2.84. The van der Waals surface area contributed by atoms with Gasteiger partial charge in [-0.2, -0.15) is 0 Å². The van der Waals surface area contributed by atoms with Crippen molar-refractivity contribution in [2.24, 2.45) is 0 Å². The quantitative estimate of drug-likeness (QED) is 0.725. The highest BCUT2D eigenvalue weighted by molar-refractivity contribution is 5.25. The molecule has 0 amide bonds. The summed E-state index contributed by atoms with van der Waals surface area (Å²) in [4.78, 5) is 0. The fourth-order valence-corrected chi connectivity index (χ4v) is 1.82. The first-order valence-corrected chi connectivity index (χ1v) is 6.24. The van der Waals surface area contributed by atoms with Crippen LogP contribution in [-0.2, 0) is 13.0 Å². The van der Waals surface area contributed by atoms with Crippen molar-refractivity contribution in [1.82, 2.24) is 20.1 Å². The van der Waals surface area contributed by atoms with Crippen LogP contribution in [0, 0.1) is 0 Å². The van der Waals surface area contributed by atoms with Crippen molar-refractivity contribution in [3.8, 4) is 0 Å². The molecule has 1 aromatic rings. The molecule has 1 saturated carbocycles. The first kappa shape index (κ1) is 11.4. The number of nitrogens with one attached hydrogen (secondary N) is 2. The first-order valence-electron chi connectivity index (χ1n) is 6.24. The predicted octanol–water partition coefficient (Wildman–Crippen LogP) is 1.02. The van der Waals surface area contributed by atoms with E-state index in [1.165, 1.54) is 12.8 Å². The van der Waals surface area contributed by atoms with E-state index >= 15 is 0 Å². The second kappa shape index (κ2) is 5.30. The fourth-order valence-electron chi connectivity index (χ4n) is 1.82. The van der Waals surface area contributed by atoms with Crippen molar-refractivity contribution in [1.29, 1.82) is 0 Å². The molecule has 1 aromatic heterocycles. The van der Waals surface area contributed by atoms with Gasteiger partial charge in [0.1, 0.15) is 5.82 Å². The molecule has 1 aliphatic carbocycles. The number of hydrogen-bond donors (Lipinski definition) is 2. The molecule has 0 saturated heterocycles. The SMILES string of the molecule is CCNc1nnc(CCNC2CC2)n1CC. The smallest absolute Gasteiger partial charge is 0.224 e. The molecule has 0 aromatic carbocycles. The van der Waals surface area contributed by atoms with Gasteiger partial charge >= 0.3 is 0 Å². The molecule has 0 aliphatic heterocycles. The summed E-state index contributed by atoms with van der Waals surface area (Å²) in [5.41, 5.74) is 0. The molecule has 0 atom stereocenters. The van der Waals surface area contributed by atoms with Gasteiger partial charge in [0.25, 0.3) is 0 Å². The summed E-state index contributed by atoms with van der Waals surface area (Å²) in [6.07, 6.45) is 3.63. The first-order chi connectivity index (χ1) is 7.85. The minimum absolute atomic E-state index is 0.770. The number of nitrogens with zero attached hydrogens (tertiary/aromatic N) is 3. The average Bonchev–Trinajstić information content (AvgIpc) is 3.02. The van der Waals surface area contributed by atoms with Gasteiger partial charge in [0.2, 0.25) is 5.95 Å². The van der Waals surface area contributed by atoms with Crippen LogP contribution < -0.4 is 10.6 Å². The van der Waals surface area contributed by atoms with E-state index in [1.54, 1.807) is 0 Å². The molecule has 0 unspecified atom stereocenters. The molecule has 90 valence electrons. The number of hydrogen-bond acceptors (Lipinski definition) is 4. The highest BCUT2D eigenvalue weighted by Crippen LogP contribution is 2.18. The molecule has 1 aliphatic rings. The summed E-state index contributed by atoms with van der Waals surface area (Å²) >= 11 is 0. The molecule has 2 N–H and O–H groups in total. The summed E-state index contributed by atoms with van der Waals surface area (Å²) in [6, 6.07) is 0.770. The minimum Gasteiger partial charge on any atom is -0.355 e. The van der Waals surface area contributed by atoms with Gasteiger partial charge < -0.3 is 10.6 Å². The van der Waals surface area contributed by atoms with Crippen LogP contribution in [0.2, 0.25) is 0 Å². The summed E-state index contributed by atoms with van der Waals surface area (Å²) in [6.45, 7) is 7.02. The fraction of sp³-hybridized carbons (Fsp3) is 0.818. The second-order valence-electron chi connectivity index (χ2n) is 4.19. The van der Waals surface area contributed by atoms with E-state index in [1.807, 2.05) is 0 Å². The standard InChI is InChI=1S/C11H21N5/c1-3-12-11-15-14-10(16(11)4-2)7-8-13-9-5-6-9/h9,13H,3-8H2,1-2H3,(H,12,15). The molecule has 2 rings (SSSR count). The Balaban J connectivity index is 1.90. The molecule has 1 fully saturated rings. The van der Waals surface area contributed by atoms with Crippen molar-refractivity contribution < 1.29 is 0 Å². The molecular formula is C11H21N5. The summed E-state index contributed by atoms with van der Waals surface area (Å²) in [7, 11) is 0. The lowest BCUT2D eigenvalue weighted by atomic mass is 10.4. The molecule has 5 nitrogen and oxygen atoms in total. The van der Waals surface area contributed by atoms with Crippen molar-refractivity contribution >= 4 is 5.95 Å². The van der Waals surface area contributed by atoms with Crippen LogP contribution in [0.1, 0.15) is 32.5 Å². The van der Waals surface area contributed by atoms with Gasteiger partial charge in [-0.25, -0.2) is 0 Å². The second-order valence-corrected chi connectivity index (χ2v) is 4.19. The average molecular weight is 223 g/mol. The Bertz CT molecular complexity index is 329. The highest BCUT2D eigenvalue weighted by atomic mass is 15.3. The monoisotopic (exact) mass is 223 g/mol. The van der Waals surface area contributed by atoms with Gasteiger partial charge in [-0.1, -0.05) is 0 Å². The molecule has 5 heteroatoms. The van der Waals surface area contributed by atoms with Crippen LogP contribution in [-0.4, -0.2) is 33.9 Å². The molecular weight excluding hydrogens is 202 g/mol. The van der Waals surface area contributed by atoms with Crippen LogP contribution in [0.25, 0.3) is 0 Å². The van der Waals surface area contributed by atoms with Gasteiger partial charge in [0.05, 0.1) is 0 Å². The third-order valence-electron chi connectivity index (χ3n) is 2.84. The Hall–Kier alpha value is -1.10. The van der Waals surface area contributed by atoms with Crippen molar-refractivity contribution in [2.75, 3.05) is 18.4 Å². The molecule has 0 radical (unpaired) electrons. The molecule has 1 heterocycles. The molecule has 0 spiro atoms. The van der Waals surface area contributed by atoms with Gasteiger partial charge in [-0.05, 0) is 26.7 Å². The Kier molecular flexibility index (Phi) is 3.77. The van der Waals surface area contributed by atoms with Crippen molar-refractivity contribution in [3.63, 3.8) is 0 Å². The maximum atomic E-state index is 4.23. The topological polar surface area (TPSA) is 54.8 Å². The van der Waals surface area contributed by atoms with Crippen molar-refractivity contribution in [3.05, 3.63) is 5.82 Å². The van der Waals surface area contributed by atoms with E-state index < -0.39 is 0 Å². The van der Waals surface area contributed by atoms with E-state index in [0.29, 0.717) is 0 Å². The predicted molar refractivity (Wildman–Crippen MR) is 64.6 cm³/mol. The van der Waals surface area contributed by atoms with Gasteiger partial charge in [-0.3, -0.25) is 4.57 Å². The lowest BCUT2D eigenvalue weighted by molar-refractivity contribution is 0.631. The largest absolute Gasteiger partial charge is 0.355 e. The van der Waals surface area contributed by atoms with Gasteiger partial charge in [0.15, 0.2) is 0 Å². The number of anilines is 1. The zero-order valence-electron chi connectivity index (χ0n) is 10.2. The zero-order valence-corrected chi connectivity index (χ0v) is 10.2. The van der Waals surface area contributed by atoms with Crippen molar-refractivity contribution in [2.45, 2.75) is 45.7 Å². The maximum Gasteiger partial charge on any atom is 0.224 e. The van der Waals surface area contributed by atoms with Crippen LogP contribution in [0.4, 0.5) is 5.95 Å². The van der Waals surface area contributed by atoms with E-state index in [4.69, 9.17) is 0 Å². The zero-order chi connectivity index (χ0) is 11.4. The molecule has 0 bridgehead atoms. The molecule has 16 heavy (non-hydrogen) atoms. The maximum absolute atomic E-state index is 4.23. The highest BCUT2D eigenvalue weighted by Gasteiger charge is 2.20. The van der Waals surface area contributed by atoms with E-state index in [2.05, 4.69) is 39.2 Å². The summed E-state index contributed by atoms with van der Waals surface area (Å²) in [5, 5.41) is 15.1. The minimum atomic E-state index is 0.770. The Labute approximate surface area is 96.6 Å². The van der Waals surface area contributed by atoms with Crippen LogP contribution >= 0.6 is 0 Å². The lowest BCUT2D eigenvalue weighted by Crippen LogP contribution is -2.21. The van der Waals surface area contributed by atoms with Crippen LogP contribution in [0.3, 0.4) is 0 Å². The Morgan fingerprint density at radius 2 is 2.12 bits per heavy atom. The number of aromatic nitrogens is 3. The Morgan fingerprint density at radius 1 is 1.31 bits per heavy atom. The summed E-state index contributed by atoms with van der Waals surface area (Å²) in [5.74, 6) is 1.97. The summed E-state index contributed by atoms with van der Waals surface area (Å²) < 4.78 is 2.15. The van der Waals surface area contributed by atoms with Gasteiger partial charge in [0, 0.05) is 32.1 Å².